The van der Waals surface area contributed by atoms with Crippen LogP contribution < -0.4 is 9.47 Å². The van der Waals surface area contributed by atoms with E-state index in [1.807, 2.05) is 28.0 Å². The summed E-state index contributed by atoms with van der Waals surface area (Å²) in [5.41, 5.74) is 3.72. The number of rotatable bonds is 8. The summed E-state index contributed by atoms with van der Waals surface area (Å²) in [5.74, 6) is 1.32. The second-order valence-corrected chi connectivity index (χ2v) is 9.21. The molecule has 1 unspecified atom stereocenters. The maximum atomic E-state index is 13.1. The number of likely N-dealkylation sites (tertiary alicyclic amines) is 1. The third kappa shape index (κ3) is 5.53. The highest BCUT2D eigenvalue weighted by Gasteiger charge is 2.37. The molecule has 0 radical (unpaired) electrons. The van der Waals surface area contributed by atoms with Gasteiger partial charge in [0.1, 0.15) is 0 Å². The van der Waals surface area contributed by atoms with Crippen LogP contribution in [0.5, 0.6) is 11.5 Å². The average molecular weight is 466 g/mol. The van der Waals surface area contributed by atoms with Crippen molar-refractivity contribution in [2.24, 2.45) is 5.92 Å². The number of methoxy groups -OCH3 is 2. The lowest BCUT2D eigenvalue weighted by molar-refractivity contribution is -0.137. The van der Waals surface area contributed by atoms with Gasteiger partial charge in [0.15, 0.2) is 11.5 Å². The van der Waals surface area contributed by atoms with Gasteiger partial charge in [-0.3, -0.25) is 14.5 Å². The second kappa shape index (κ2) is 10.9. The lowest BCUT2D eigenvalue weighted by atomic mass is 10.1. The number of benzene rings is 2. The maximum Gasteiger partial charge on any atom is 0.228 e. The zero-order valence-electron chi connectivity index (χ0n) is 20.5. The van der Waals surface area contributed by atoms with Crippen molar-refractivity contribution in [3.05, 3.63) is 59.2 Å². The minimum absolute atomic E-state index is 0.0667. The Labute approximate surface area is 202 Å². The Morgan fingerprint density at radius 2 is 1.74 bits per heavy atom. The fourth-order valence-corrected chi connectivity index (χ4v) is 4.87. The highest BCUT2D eigenvalue weighted by molar-refractivity contribution is 5.89. The molecule has 0 spiro atoms. The van der Waals surface area contributed by atoms with E-state index in [1.54, 1.807) is 14.2 Å². The molecular weight excluding hydrogens is 430 g/mol. The molecule has 7 nitrogen and oxygen atoms in total. The molecule has 0 saturated carbocycles. The average Bonchev–Trinajstić information content (AvgIpc) is 3.24. The van der Waals surface area contributed by atoms with Crippen molar-refractivity contribution in [3.8, 4) is 11.5 Å². The Kier molecular flexibility index (Phi) is 7.73. The van der Waals surface area contributed by atoms with Gasteiger partial charge in [-0.1, -0.05) is 30.3 Å². The summed E-state index contributed by atoms with van der Waals surface area (Å²) in [6.07, 6.45) is 1.03. The Balaban J connectivity index is 1.26. The molecule has 2 aliphatic heterocycles. The van der Waals surface area contributed by atoms with Crippen molar-refractivity contribution in [1.29, 1.82) is 0 Å². The van der Waals surface area contributed by atoms with Gasteiger partial charge in [-0.25, -0.2) is 0 Å². The summed E-state index contributed by atoms with van der Waals surface area (Å²) in [6.45, 7) is 7.34. The molecule has 1 atom stereocenters. The van der Waals surface area contributed by atoms with Crippen molar-refractivity contribution < 1.29 is 19.1 Å². The quantitative estimate of drug-likeness (QED) is 0.600. The monoisotopic (exact) mass is 465 g/mol. The van der Waals surface area contributed by atoms with Gasteiger partial charge < -0.3 is 19.3 Å². The molecule has 0 aliphatic carbocycles. The number of amides is 2. The minimum Gasteiger partial charge on any atom is -0.493 e. The molecule has 2 amide bonds. The fraction of sp³-hybridized carbons (Fsp3) is 0.481. The van der Waals surface area contributed by atoms with Gasteiger partial charge in [-0.2, -0.15) is 0 Å². The molecule has 2 saturated heterocycles. The Bertz CT molecular complexity index is 1020. The first-order valence-corrected chi connectivity index (χ1v) is 12.0. The number of ether oxygens (including phenoxy) is 2. The number of carbonyl (C=O) groups excluding carboxylic acids is 2. The predicted octanol–water partition coefficient (Wildman–Crippen LogP) is 2.75. The van der Waals surface area contributed by atoms with E-state index >= 15 is 0 Å². The van der Waals surface area contributed by atoms with Crippen molar-refractivity contribution in [1.82, 2.24) is 14.7 Å². The molecule has 2 fully saturated rings. The minimum atomic E-state index is -0.235. The van der Waals surface area contributed by atoms with Crippen LogP contribution in [-0.2, 0) is 22.6 Å². The highest BCUT2D eigenvalue weighted by Crippen LogP contribution is 2.28. The van der Waals surface area contributed by atoms with Crippen LogP contribution in [0.1, 0.15) is 23.1 Å². The zero-order valence-corrected chi connectivity index (χ0v) is 20.5. The Morgan fingerprint density at radius 1 is 1.00 bits per heavy atom. The van der Waals surface area contributed by atoms with Gasteiger partial charge in [0.25, 0.3) is 0 Å². The normalized spacial score (nSPS) is 18.9. The van der Waals surface area contributed by atoms with E-state index in [-0.39, 0.29) is 17.7 Å². The molecule has 0 N–H and O–H groups in total. The fourth-order valence-electron chi connectivity index (χ4n) is 4.87. The van der Waals surface area contributed by atoms with Gasteiger partial charge in [0, 0.05) is 52.2 Å². The summed E-state index contributed by atoms with van der Waals surface area (Å²) in [6, 6.07) is 14.3. The van der Waals surface area contributed by atoms with Crippen molar-refractivity contribution >= 4 is 11.8 Å². The number of hydrogen-bond donors (Lipinski definition) is 0. The third-order valence-electron chi connectivity index (χ3n) is 7.02. The van der Waals surface area contributed by atoms with E-state index in [9.17, 15) is 9.59 Å². The SMILES string of the molecule is COc1ccc(CCN2CC(C(=O)N3CCN(Cc4ccccc4C)CC3)CC2=O)cc1OC. The van der Waals surface area contributed by atoms with Crippen LogP contribution >= 0.6 is 0 Å². The van der Waals surface area contributed by atoms with E-state index in [4.69, 9.17) is 9.47 Å². The third-order valence-corrected chi connectivity index (χ3v) is 7.02. The van der Waals surface area contributed by atoms with E-state index < -0.39 is 0 Å². The van der Waals surface area contributed by atoms with E-state index in [2.05, 4.69) is 36.1 Å². The lowest BCUT2D eigenvalue weighted by Gasteiger charge is -2.36. The summed E-state index contributed by atoms with van der Waals surface area (Å²) in [7, 11) is 3.23. The van der Waals surface area contributed by atoms with Gasteiger partial charge in [0.05, 0.1) is 20.1 Å². The molecule has 182 valence electrons. The summed E-state index contributed by atoms with van der Waals surface area (Å²) in [5, 5.41) is 0. The molecule has 2 aliphatic rings. The lowest BCUT2D eigenvalue weighted by Crippen LogP contribution is -2.50. The number of nitrogens with zero attached hydrogens (tertiary/aromatic N) is 3. The summed E-state index contributed by atoms with van der Waals surface area (Å²) in [4.78, 5) is 31.9. The highest BCUT2D eigenvalue weighted by atomic mass is 16.5. The van der Waals surface area contributed by atoms with Gasteiger partial charge >= 0.3 is 0 Å². The van der Waals surface area contributed by atoms with Crippen LogP contribution in [0.25, 0.3) is 0 Å². The number of hydrogen-bond acceptors (Lipinski definition) is 5. The van der Waals surface area contributed by atoms with Crippen LogP contribution in [0.3, 0.4) is 0 Å². The predicted molar refractivity (Wildman–Crippen MR) is 131 cm³/mol. The largest absolute Gasteiger partial charge is 0.493 e. The van der Waals surface area contributed by atoms with E-state index in [0.29, 0.717) is 37.4 Å². The summed E-state index contributed by atoms with van der Waals surface area (Å²) < 4.78 is 10.7. The number of carbonyl (C=O) groups is 2. The number of piperazine rings is 1. The molecule has 2 heterocycles. The van der Waals surface area contributed by atoms with Crippen molar-refractivity contribution in [2.45, 2.75) is 26.3 Å². The number of aryl methyl sites for hydroxylation is 1. The first-order chi connectivity index (χ1) is 16.5. The first kappa shape index (κ1) is 24.1. The van der Waals surface area contributed by atoms with Crippen LogP contribution in [0, 0.1) is 12.8 Å². The molecule has 0 bridgehead atoms. The van der Waals surface area contributed by atoms with E-state index in [1.165, 1.54) is 11.1 Å². The molecule has 4 rings (SSSR count). The Hall–Kier alpha value is -3.06. The van der Waals surface area contributed by atoms with Gasteiger partial charge in [-0.15, -0.1) is 0 Å². The van der Waals surface area contributed by atoms with Crippen molar-refractivity contribution in [3.63, 3.8) is 0 Å². The van der Waals surface area contributed by atoms with Crippen LogP contribution in [-0.4, -0.2) is 80.0 Å². The van der Waals surface area contributed by atoms with Gasteiger partial charge in [-0.05, 0) is 42.2 Å². The molecular formula is C27H35N3O4. The maximum absolute atomic E-state index is 13.1. The molecule has 0 aromatic heterocycles. The molecule has 34 heavy (non-hydrogen) atoms. The van der Waals surface area contributed by atoms with E-state index in [0.717, 1.165) is 38.3 Å². The topological polar surface area (TPSA) is 62.3 Å². The smallest absolute Gasteiger partial charge is 0.228 e. The standard InChI is InChI=1S/C27H35N3O4/c1-20-6-4-5-7-22(20)18-28-12-14-29(15-13-28)27(32)23-17-26(31)30(19-23)11-10-21-8-9-24(33-2)25(16-21)34-3/h4-9,16,23H,10-15,17-19H2,1-3H3. The zero-order chi connectivity index (χ0) is 24.1. The van der Waals surface area contributed by atoms with Crippen LogP contribution in [0.2, 0.25) is 0 Å². The summed E-state index contributed by atoms with van der Waals surface area (Å²) >= 11 is 0. The molecule has 2 aromatic carbocycles. The van der Waals surface area contributed by atoms with Crippen molar-refractivity contribution in [2.75, 3.05) is 53.5 Å². The second-order valence-electron chi connectivity index (χ2n) is 9.21. The van der Waals surface area contributed by atoms with Gasteiger partial charge in [0.2, 0.25) is 11.8 Å². The Morgan fingerprint density at radius 3 is 2.44 bits per heavy atom. The first-order valence-electron chi connectivity index (χ1n) is 12.0. The molecule has 7 heteroatoms. The van der Waals surface area contributed by atoms with Crippen LogP contribution in [0.15, 0.2) is 42.5 Å². The molecule has 2 aromatic rings. The van der Waals surface area contributed by atoms with Crippen LogP contribution in [0.4, 0.5) is 0 Å².